The van der Waals surface area contributed by atoms with Gasteiger partial charge in [-0.3, -0.25) is 0 Å². The Morgan fingerprint density at radius 2 is 2.00 bits per heavy atom. The first-order valence-electron chi connectivity index (χ1n) is 7.25. The second-order valence-corrected chi connectivity index (χ2v) is 6.10. The van der Waals surface area contributed by atoms with E-state index in [4.69, 9.17) is 9.47 Å². The molecule has 0 aromatic heterocycles. The molecule has 0 aliphatic carbocycles. The van der Waals surface area contributed by atoms with E-state index >= 15 is 0 Å². The fraction of sp³-hybridized carbons (Fsp3) is 0.625. The van der Waals surface area contributed by atoms with Crippen molar-refractivity contribution >= 4 is 0 Å². The predicted molar refractivity (Wildman–Crippen MR) is 78.8 cm³/mol. The minimum Gasteiger partial charge on any atom is -0.493 e. The first-order valence-corrected chi connectivity index (χ1v) is 7.25. The quantitative estimate of drug-likeness (QED) is 0.762. The molecule has 1 aliphatic rings. The van der Waals surface area contributed by atoms with Crippen molar-refractivity contribution in [2.24, 2.45) is 11.3 Å². The van der Waals surface area contributed by atoms with Gasteiger partial charge >= 0.3 is 0 Å². The third-order valence-electron chi connectivity index (χ3n) is 3.49. The highest BCUT2D eigenvalue weighted by molar-refractivity contribution is 5.27. The lowest BCUT2D eigenvalue weighted by Gasteiger charge is -2.40. The molecule has 0 radical (unpaired) electrons. The predicted octanol–water partition coefficient (Wildman–Crippen LogP) is 1.82. The summed E-state index contributed by atoms with van der Waals surface area (Å²) < 4.78 is 10.8. The Bertz CT molecular complexity index is 393. The zero-order valence-electron chi connectivity index (χ0n) is 12.4. The SMILES string of the molecule is CC(C)COc1ccc(CNCC2(CO)COC2)cc1. The largest absolute Gasteiger partial charge is 0.493 e. The topological polar surface area (TPSA) is 50.7 Å². The van der Waals surface area contributed by atoms with Gasteiger partial charge in [-0.15, -0.1) is 0 Å². The van der Waals surface area contributed by atoms with Crippen LogP contribution in [-0.4, -0.2) is 38.1 Å². The van der Waals surface area contributed by atoms with E-state index in [9.17, 15) is 5.11 Å². The van der Waals surface area contributed by atoms with Gasteiger partial charge in [0.25, 0.3) is 0 Å². The first kappa shape index (κ1) is 15.3. The van der Waals surface area contributed by atoms with Crippen molar-refractivity contribution in [2.75, 3.05) is 33.0 Å². The average molecular weight is 279 g/mol. The van der Waals surface area contributed by atoms with Crippen molar-refractivity contribution in [1.29, 1.82) is 0 Å². The summed E-state index contributed by atoms with van der Waals surface area (Å²) in [6.07, 6.45) is 0. The van der Waals surface area contributed by atoms with E-state index in [1.54, 1.807) is 0 Å². The highest BCUT2D eigenvalue weighted by Crippen LogP contribution is 2.25. The number of hydrogen-bond donors (Lipinski definition) is 2. The molecule has 4 nitrogen and oxygen atoms in total. The van der Waals surface area contributed by atoms with Crippen molar-refractivity contribution < 1.29 is 14.6 Å². The first-order chi connectivity index (χ1) is 9.63. The molecule has 0 unspecified atom stereocenters. The molecule has 1 heterocycles. The Labute approximate surface area is 121 Å². The van der Waals surface area contributed by atoms with E-state index in [0.717, 1.165) is 25.4 Å². The Kier molecular flexibility index (Phi) is 5.40. The standard InChI is InChI=1S/C16H25NO3/c1-13(2)8-20-15-5-3-14(4-6-15)7-17-9-16(10-18)11-19-12-16/h3-6,13,17-18H,7-12H2,1-2H3. The summed E-state index contributed by atoms with van der Waals surface area (Å²) in [5.74, 6) is 1.46. The summed E-state index contributed by atoms with van der Waals surface area (Å²) in [5, 5.41) is 12.7. The fourth-order valence-electron chi connectivity index (χ4n) is 2.08. The molecule has 2 rings (SSSR count). The number of hydrogen-bond acceptors (Lipinski definition) is 4. The van der Waals surface area contributed by atoms with Gasteiger partial charge in [-0.2, -0.15) is 0 Å². The minimum absolute atomic E-state index is 0.0691. The molecule has 0 saturated carbocycles. The van der Waals surface area contributed by atoms with Crippen LogP contribution >= 0.6 is 0 Å². The summed E-state index contributed by atoms with van der Waals surface area (Å²) in [5.41, 5.74) is 1.15. The number of ether oxygens (including phenoxy) is 2. The molecule has 0 spiro atoms. The van der Waals surface area contributed by atoms with Gasteiger partial charge in [-0.1, -0.05) is 26.0 Å². The van der Waals surface area contributed by atoms with Crippen LogP contribution in [-0.2, 0) is 11.3 Å². The second kappa shape index (κ2) is 7.07. The smallest absolute Gasteiger partial charge is 0.119 e. The fourth-order valence-corrected chi connectivity index (χ4v) is 2.08. The lowest BCUT2D eigenvalue weighted by molar-refractivity contribution is -0.134. The number of nitrogens with one attached hydrogen (secondary N) is 1. The van der Waals surface area contributed by atoms with Gasteiger partial charge in [0.2, 0.25) is 0 Å². The van der Waals surface area contributed by atoms with Crippen LogP contribution in [0.1, 0.15) is 19.4 Å². The number of aliphatic hydroxyl groups excluding tert-OH is 1. The summed E-state index contributed by atoms with van der Waals surface area (Å²) in [6, 6.07) is 8.17. The highest BCUT2D eigenvalue weighted by atomic mass is 16.5. The lowest BCUT2D eigenvalue weighted by atomic mass is 9.87. The normalized spacial score (nSPS) is 17.0. The molecule has 1 aromatic carbocycles. The van der Waals surface area contributed by atoms with E-state index < -0.39 is 0 Å². The molecule has 0 atom stereocenters. The molecule has 2 N–H and O–H groups in total. The van der Waals surface area contributed by atoms with Crippen LogP contribution in [0.2, 0.25) is 0 Å². The van der Waals surface area contributed by atoms with Gasteiger partial charge in [0.1, 0.15) is 5.75 Å². The van der Waals surface area contributed by atoms with E-state index in [0.29, 0.717) is 19.1 Å². The van der Waals surface area contributed by atoms with Crippen LogP contribution in [0.4, 0.5) is 0 Å². The molecule has 112 valence electrons. The van der Waals surface area contributed by atoms with E-state index in [2.05, 4.69) is 31.3 Å². The van der Waals surface area contributed by atoms with E-state index in [1.165, 1.54) is 5.56 Å². The van der Waals surface area contributed by atoms with Gasteiger partial charge in [0, 0.05) is 13.1 Å². The van der Waals surface area contributed by atoms with Crippen LogP contribution in [0.25, 0.3) is 0 Å². The Morgan fingerprint density at radius 3 is 2.50 bits per heavy atom. The molecule has 0 amide bonds. The summed E-state index contributed by atoms with van der Waals surface area (Å²) in [4.78, 5) is 0. The number of aliphatic hydroxyl groups is 1. The van der Waals surface area contributed by atoms with Crippen LogP contribution < -0.4 is 10.1 Å². The van der Waals surface area contributed by atoms with Crippen molar-refractivity contribution in [3.05, 3.63) is 29.8 Å². The van der Waals surface area contributed by atoms with Crippen LogP contribution in [0.3, 0.4) is 0 Å². The van der Waals surface area contributed by atoms with Crippen LogP contribution in [0, 0.1) is 11.3 Å². The zero-order valence-corrected chi connectivity index (χ0v) is 12.4. The van der Waals surface area contributed by atoms with Crippen LogP contribution in [0.5, 0.6) is 5.75 Å². The van der Waals surface area contributed by atoms with Gasteiger partial charge in [0.15, 0.2) is 0 Å². The highest BCUT2D eigenvalue weighted by Gasteiger charge is 2.37. The van der Waals surface area contributed by atoms with Crippen molar-refractivity contribution in [1.82, 2.24) is 5.32 Å². The third-order valence-corrected chi connectivity index (χ3v) is 3.49. The monoisotopic (exact) mass is 279 g/mol. The molecular weight excluding hydrogens is 254 g/mol. The van der Waals surface area contributed by atoms with E-state index in [-0.39, 0.29) is 12.0 Å². The summed E-state index contributed by atoms with van der Waals surface area (Å²) in [6.45, 7) is 8.09. The molecule has 0 bridgehead atoms. The average Bonchev–Trinajstić information content (AvgIpc) is 2.41. The molecule has 1 aliphatic heterocycles. The Hall–Kier alpha value is -1.10. The molecule has 1 saturated heterocycles. The maximum absolute atomic E-state index is 9.34. The Morgan fingerprint density at radius 1 is 1.30 bits per heavy atom. The second-order valence-electron chi connectivity index (χ2n) is 6.10. The maximum atomic E-state index is 9.34. The molecule has 1 aromatic rings. The van der Waals surface area contributed by atoms with Crippen molar-refractivity contribution in [2.45, 2.75) is 20.4 Å². The Balaban J connectivity index is 1.73. The molecule has 1 fully saturated rings. The van der Waals surface area contributed by atoms with Crippen molar-refractivity contribution in [3.8, 4) is 5.75 Å². The third kappa shape index (κ3) is 4.20. The van der Waals surface area contributed by atoms with Gasteiger partial charge in [0.05, 0.1) is 31.8 Å². The van der Waals surface area contributed by atoms with Gasteiger partial charge < -0.3 is 19.9 Å². The summed E-state index contributed by atoms with van der Waals surface area (Å²) >= 11 is 0. The van der Waals surface area contributed by atoms with Gasteiger partial charge in [-0.25, -0.2) is 0 Å². The van der Waals surface area contributed by atoms with Crippen LogP contribution in [0.15, 0.2) is 24.3 Å². The molecule has 4 heteroatoms. The number of rotatable bonds is 8. The molecular formula is C16H25NO3. The number of benzene rings is 1. The zero-order chi connectivity index (χ0) is 14.4. The van der Waals surface area contributed by atoms with Crippen molar-refractivity contribution in [3.63, 3.8) is 0 Å². The van der Waals surface area contributed by atoms with E-state index in [1.807, 2.05) is 12.1 Å². The summed E-state index contributed by atoms with van der Waals surface area (Å²) in [7, 11) is 0. The molecule has 20 heavy (non-hydrogen) atoms. The van der Waals surface area contributed by atoms with Gasteiger partial charge in [-0.05, 0) is 23.6 Å². The maximum Gasteiger partial charge on any atom is 0.119 e. The minimum atomic E-state index is -0.0691. The lowest BCUT2D eigenvalue weighted by Crippen LogP contribution is -2.52.